The Morgan fingerprint density at radius 3 is 2.61 bits per heavy atom. The van der Waals surface area contributed by atoms with Gasteiger partial charge in [0.15, 0.2) is 0 Å². The molecule has 0 radical (unpaired) electrons. The minimum Gasteiger partial charge on any atom is -0.382 e. The van der Waals surface area contributed by atoms with E-state index in [4.69, 9.17) is 0 Å². The molecular weight excluding hydrogens is 297 g/mol. The van der Waals surface area contributed by atoms with Crippen LogP contribution in [0.15, 0.2) is 21.7 Å². The van der Waals surface area contributed by atoms with Gasteiger partial charge in [0, 0.05) is 12.6 Å². The number of H-pyrrole nitrogens is 1. The van der Waals surface area contributed by atoms with Gasteiger partial charge in [-0.15, -0.1) is 0 Å². The molecule has 1 aromatic heterocycles. The molecule has 122 valence electrons. The number of hydrogen-bond acceptors (Lipinski definition) is 3. The maximum Gasteiger partial charge on any atom is 0.329 e. The Morgan fingerprint density at radius 1 is 1.17 bits per heavy atom. The average Bonchev–Trinajstić information content (AvgIpc) is 3.20. The van der Waals surface area contributed by atoms with Gasteiger partial charge < -0.3 is 5.32 Å². The van der Waals surface area contributed by atoms with Crippen molar-refractivity contribution < 1.29 is 4.39 Å². The first-order valence-corrected chi connectivity index (χ1v) is 8.35. The molecule has 2 aromatic rings. The fraction of sp³-hybridized carbons (Fsp3) is 0.529. The first-order chi connectivity index (χ1) is 11.1. The third kappa shape index (κ3) is 2.66. The molecule has 2 aliphatic carbocycles. The summed E-state index contributed by atoms with van der Waals surface area (Å²) >= 11 is 0. The normalized spacial score (nSPS) is 18.7. The second-order valence-electron chi connectivity index (χ2n) is 6.74. The van der Waals surface area contributed by atoms with Crippen LogP contribution in [0.5, 0.6) is 0 Å². The van der Waals surface area contributed by atoms with Crippen molar-refractivity contribution in [2.45, 2.75) is 44.6 Å². The zero-order valence-corrected chi connectivity index (χ0v) is 12.9. The Labute approximate surface area is 132 Å². The van der Waals surface area contributed by atoms with Gasteiger partial charge in [-0.1, -0.05) is 12.8 Å². The van der Waals surface area contributed by atoms with Gasteiger partial charge in [0.2, 0.25) is 0 Å². The molecule has 0 aliphatic heterocycles. The Bertz CT molecular complexity index is 860. The molecular formula is C17H20FN3O2. The van der Waals surface area contributed by atoms with E-state index in [-0.39, 0.29) is 11.4 Å². The van der Waals surface area contributed by atoms with Crippen molar-refractivity contribution in [1.29, 1.82) is 0 Å². The highest BCUT2D eigenvalue weighted by atomic mass is 19.1. The summed E-state index contributed by atoms with van der Waals surface area (Å²) in [6.07, 6.45) is 6.34. The molecule has 23 heavy (non-hydrogen) atoms. The zero-order chi connectivity index (χ0) is 16.0. The molecule has 0 saturated heterocycles. The largest absolute Gasteiger partial charge is 0.382 e. The third-order valence-corrected chi connectivity index (χ3v) is 5.00. The molecule has 0 amide bonds. The molecule has 0 unspecified atom stereocenters. The number of hydrogen-bond donors (Lipinski definition) is 2. The lowest BCUT2D eigenvalue weighted by Crippen LogP contribution is -2.32. The number of nitrogens with zero attached hydrogens (tertiary/aromatic N) is 1. The van der Waals surface area contributed by atoms with Gasteiger partial charge in [-0.3, -0.25) is 14.3 Å². The summed E-state index contributed by atoms with van der Waals surface area (Å²) in [5, 5.41) is 3.36. The van der Waals surface area contributed by atoms with Gasteiger partial charge in [0.1, 0.15) is 5.82 Å². The molecule has 2 aliphatic rings. The Hall–Kier alpha value is -2.11. The van der Waals surface area contributed by atoms with Crippen LogP contribution in [0.25, 0.3) is 10.9 Å². The molecule has 0 atom stereocenters. The SMILES string of the molecule is O=c1[nH]c(=O)n(C2CCCC2)c2cc(NCC3CC3)c(F)cc12. The summed E-state index contributed by atoms with van der Waals surface area (Å²) in [7, 11) is 0. The van der Waals surface area contributed by atoms with Crippen molar-refractivity contribution >= 4 is 16.6 Å². The van der Waals surface area contributed by atoms with Crippen molar-refractivity contribution in [2.75, 3.05) is 11.9 Å². The molecule has 5 nitrogen and oxygen atoms in total. The van der Waals surface area contributed by atoms with Crippen LogP contribution in [0.4, 0.5) is 10.1 Å². The summed E-state index contributed by atoms with van der Waals surface area (Å²) in [6.45, 7) is 0.735. The van der Waals surface area contributed by atoms with Crippen LogP contribution in [-0.2, 0) is 0 Å². The highest BCUT2D eigenvalue weighted by Gasteiger charge is 2.23. The number of fused-ring (bicyclic) bond motifs is 1. The minimum absolute atomic E-state index is 0.0867. The maximum absolute atomic E-state index is 14.3. The van der Waals surface area contributed by atoms with E-state index >= 15 is 0 Å². The molecule has 1 aromatic carbocycles. The number of anilines is 1. The van der Waals surface area contributed by atoms with Crippen molar-refractivity contribution in [3.8, 4) is 0 Å². The van der Waals surface area contributed by atoms with Gasteiger partial charge in [0.05, 0.1) is 16.6 Å². The first kappa shape index (κ1) is 14.5. The fourth-order valence-electron chi connectivity index (χ4n) is 3.51. The topological polar surface area (TPSA) is 66.9 Å². The molecule has 0 bridgehead atoms. The quantitative estimate of drug-likeness (QED) is 0.911. The number of aromatic nitrogens is 2. The van der Waals surface area contributed by atoms with Crippen LogP contribution in [0.3, 0.4) is 0 Å². The lowest BCUT2D eigenvalue weighted by atomic mass is 10.1. The van der Waals surface area contributed by atoms with E-state index in [1.807, 2.05) is 0 Å². The molecule has 2 N–H and O–H groups in total. The summed E-state index contributed by atoms with van der Waals surface area (Å²) in [5.41, 5.74) is -0.00691. The maximum atomic E-state index is 14.3. The monoisotopic (exact) mass is 317 g/mol. The van der Waals surface area contributed by atoms with Gasteiger partial charge in [-0.2, -0.15) is 0 Å². The van der Waals surface area contributed by atoms with E-state index in [0.717, 1.165) is 32.2 Å². The fourth-order valence-corrected chi connectivity index (χ4v) is 3.51. The lowest BCUT2D eigenvalue weighted by molar-refractivity contribution is 0.508. The molecule has 6 heteroatoms. The Morgan fingerprint density at radius 2 is 1.91 bits per heavy atom. The predicted octanol–water partition coefficient (Wildman–Crippen LogP) is 2.77. The summed E-state index contributed by atoms with van der Waals surface area (Å²) in [6, 6.07) is 2.96. The van der Waals surface area contributed by atoms with Gasteiger partial charge in [-0.25, -0.2) is 9.18 Å². The lowest BCUT2D eigenvalue weighted by Gasteiger charge is -2.17. The summed E-state index contributed by atoms with van der Waals surface area (Å²) < 4.78 is 15.9. The van der Waals surface area contributed by atoms with Gasteiger partial charge in [-0.05, 0) is 43.7 Å². The molecule has 0 spiro atoms. The summed E-state index contributed by atoms with van der Waals surface area (Å²) in [4.78, 5) is 26.7. The number of benzene rings is 1. The third-order valence-electron chi connectivity index (χ3n) is 5.00. The second kappa shape index (κ2) is 5.51. The van der Waals surface area contributed by atoms with Crippen LogP contribution in [-0.4, -0.2) is 16.1 Å². The van der Waals surface area contributed by atoms with Crippen molar-refractivity contribution in [1.82, 2.24) is 9.55 Å². The second-order valence-corrected chi connectivity index (χ2v) is 6.74. The van der Waals surface area contributed by atoms with Crippen LogP contribution < -0.4 is 16.6 Å². The number of nitrogens with one attached hydrogen (secondary N) is 2. The van der Waals surface area contributed by atoms with Crippen LogP contribution in [0, 0.1) is 11.7 Å². The van der Waals surface area contributed by atoms with Crippen molar-refractivity contribution in [2.24, 2.45) is 5.92 Å². The predicted molar refractivity (Wildman–Crippen MR) is 87.5 cm³/mol. The van der Waals surface area contributed by atoms with Gasteiger partial charge in [0.25, 0.3) is 5.56 Å². The van der Waals surface area contributed by atoms with E-state index < -0.39 is 17.1 Å². The molecule has 1 heterocycles. The highest BCUT2D eigenvalue weighted by Crippen LogP contribution is 2.32. The molecule has 4 rings (SSSR count). The molecule has 2 saturated carbocycles. The minimum atomic E-state index is -0.521. The van der Waals surface area contributed by atoms with Crippen molar-refractivity contribution in [3.05, 3.63) is 38.8 Å². The van der Waals surface area contributed by atoms with E-state index in [9.17, 15) is 14.0 Å². The Balaban J connectivity index is 1.86. The first-order valence-electron chi connectivity index (χ1n) is 8.35. The number of rotatable bonds is 4. The average molecular weight is 317 g/mol. The van der Waals surface area contributed by atoms with E-state index in [1.54, 1.807) is 10.6 Å². The Kier molecular flexibility index (Phi) is 3.47. The standard InChI is InChI=1S/C17H20FN3O2/c18-13-7-12-15(8-14(13)19-9-10-5-6-10)21(11-3-1-2-4-11)17(23)20-16(12)22/h7-8,10-11,19H,1-6,9H2,(H,20,22,23). The highest BCUT2D eigenvalue weighted by molar-refractivity contribution is 5.82. The molecule has 2 fully saturated rings. The van der Waals surface area contributed by atoms with Crippen LogP contribution >= 0.6 is 0 Å². The summed E-state index contributed by atoms with van der Waals surface area (Å²) in [5.74, 6) is 0.168. The van der Waals surface area contributed by atoms with Gasteiger partial charge >= 0.3 is 5.69 Å². The van der Waals surface area contributed by atoms with Crippen molar-refractivity contribution in [3.63, 3.8) is 0 Å². The van der Waals surface area contributed by atoms with Crippen LogP contribution in [0.1, 0.15) is 44.6 Å². The number of halogens is 1. The zero-order valence-electron chi connectivity index (χ0n) is 12.9. The van der Waals surface area contributed by atoms with E-state index in [1.165, 1.54) is 18.9 Å². The van der Waals surface area contributed by atoms with E-state index in [2.05, 4.69) is 10.3 Å². The number of aromatic amines is 1. The van der Waals surface area contributed by atoms with E-state index in [0.29, 0.717) is 17.1 Å². The van der Waals surface area contributed by atoms with Crippen LogP contribution in [0.2, 0.25) is 0 Å². The smallest absolute Gasteiger partial charge is 0.329 e.